The van der Waals surface area contributed by atoms with Crippen LogP contribution in [0.15, 0.2) is 46.3 Å². The van der Waals surface area contributed by atoms with Crippen LogP contribution in [0.3, 0.4) is 0 Å². The van der Waals surface area contributed by atoms with Crippen LogP contribution in [0, 0.1) is 0 Å². The maximum atomic E-state index is 12.3. The van der Waals surface area contributed by atoms with E-state index in [1.807, 2.05) is 0 Å². The van der Waals surface area contributed by atoms with E-state index < -0.39 is 10.8 Å². The summed E-state index contributed by atoms with van der Waals surface area (Å²) in [6.45, 7) is 0. The summed E-state index contributed by atoms with van der Waals surface area (Å²) in [6.07, 6.45) is 3.12. The zero-order valence-corrected chi connectivity index (χ0v) is 11.8. The molecule has 0 aliphatic carbocycles. The molecule has 2 N–H and O–H groups in total. The second-order valence-corrected chi connectivity index (χ2v) is 5.90. The van der Waals surface area contributed by atoms with Crippen LogP contribution < -0.4 is 5.73 Å². The molecule has 5 nitrogen and oxygen atoms in total. The summed E-state index contributed by atoms with van der Waals surface area (Å²) in [5, 5.41) is 0.639. The molecule has 102 valence electrons. The van der Waals surface area contributed by atoms with Crippen molar-refractivity contribution in [1.82, 2.24) is 9.97 Å². The van der Waals surface area contributed by atoms with Crippen LogP contribution >= 0.6 is 11.6 Å². The van der Waals surface area contributed by atoms with Crippen LogP contribution in [-0.4, -0.2) is 14.2 Å². The van der Waals surface area contributed by atoms with Gasteiger partial charge in [-0.25, -0.2) is 9.19 Å². The van der Waals surface area contributed by atoms with E-state index in [1.54, 1.807) is 30.5 Å². The van der Waals surface area contributed by atoms with Gasteiger partial charge in [0.05, 0.1) is 10.8 Å². The molecule has 0 fully saturated rings. The zero-order chi connectivity index (χ0) is 14.1. The number of halogens is 1. The predicted molar refractivity (Wildman–Crippen MR) is 77.8 cm³/mol. The van der Waals surface area contributed by atoms with E-state index in [0.29, 0.717) is 21.8 Å². The largest absolute Gasteiger partial charge is 0.430 e. The molecular weight excluding hydrogens is 298 g/mol. The van der Waals surface area contributed by atoms with Gasteiger partial charge in [0, 0.05) is 24.1 Å². The Hall–Kier alpha value is -1.92. The van der Waals surface area contributed by atoms with Crippen molar-refractivity contribution in [2.24, 2.45) is 0 Å². The second-order valence-electron chi connectivity index (χ2n) is 4.16. The molecule has 0 aliphatic rings. The third kappa shape index (κ3) is 2.52. The number of pyridine rings is 1. The summed E-state index contributed by atoms with van der Waals surface area (Å²) in [4.78, 5) is 8.08. The van der Waals surface area contributed by atoms with Gasteiger partial charge in [-0.1, -0.05) is 11.6 Å². The molecule has 7 heteroatoms. The number of oxazole rings is 1. The molecule has 1 aromatic carbocycles. The minimum Gasteiger partial charge on any atom is -0.430 e. The molecule has 1 atom stereocenters. The van der Waals surface area contributed by atoms with Crippen molar-refractivity contribution >= 4 is 39.2 Å². The maximum absolute atomic E-state index is 12.3. The highest BCUT2D eigenvalue weighted by Crippen LogP contribution is 2.23. The van der Waals surface area contributed by atoms with Crippen LogP contribution in [0.2, 0.25) is 5.02 Å². The molecule has 0 spiro atoms. The smallest absolute Gasteiger partial charge is 0.288 e. The van der Waals surface area contributed by atoms with Gasteiger partial charge in [-0.15, -0.1) is 0 Å². The van der Waals surface area contributed by atoms with Gasteiger partial charge in [-0.05, 0) is 23.8 Å². The van der Waals surface area contributed by atoms with Gasteiger partial charge in [0.2, 0.25) is 0 Å². The lowest BCUT2D eigenvalue weighted by atomic mass is 10.3. The molecule has 3 rings (SSSR count). The van der Waals surface area contributed by atoms with Gasteiger partial charge in [0.15, 0.2) is 5.58 Å². The quantitative estimate of drug-likeness (QED) is 0.752. The Morgan fingerprint density at radius 2 is 2.20 bits per heavy atom. The fourth-order valence-electron chi connectivity index (χ4n) is 1.74. The number of rotatable bonds is 3. The lowest BCUT2D eigenvalue weighted by molar-refractivity contribution is 0.477. The van der Waals surface area contributed by atoms with Gasteiger partial charge in [-0.2, -0.15) is 0 Å². The van der Waals surface area contributed by atoms with Crippen molar-refractivity contribution in [3.05, 3.63) is 47.2 Å². The normalized spacial score (nSPS) is 12.7. The Labute approximate surface area is 122 Å². The lowest BCUT2D eigenvalue weighted by Gasteiger charge is -2.00. The zero-order valence-electron chi connectivity index (χ0n) is 10.2. The highest BCUT2D eigenvalue weighted by Gasteiger charge is 2.15. The van der Waals surface area contributed by atoms with Crippen molar-refractivity contribution in [1.29, 1.82) is 0 Å². The molecular formula is C13H10ClN3O2S. The number of nitrogen functional groups attached to an aromatic ring is 1. The first-order valence-electron chi connectivity index (χ1n) is 5.76. The molecule has 0 aliphatic heterocycles. The van der Waals surface area contributed by atoms with Crippen LogP contribution in [0.5, 0.6) is 0 Å². The third-order valence-corrected chi connectivity index (χ3v) is 4.21. The first-order valence-corrected chi connectivity index (χ1v) is 7.46. The van der Waals surface area contributed by atoms with E-state index in [9.17, 15) is 4.21 Å². The first kappa shape index (κ1) is 13.1. The third-order valence-electron chi connectivity index (χ3n) is 2.73. The minimum atomic E-state index is -1.41. The summed E-state index contributed by atoms with van der Waals surface area (Å²) in [5.74, 6) is 0.226. The summed E-state index contributed by atoms with van der Waals surface area (Å²) in [5.41, 5.74) is 8.13. The number of anilines is 1. The fourth-order valence-corrected chi connectivity index (χ4v) is 3.05. The van der Waals surface area contributed by atoms with E-state index in [1.165, 1.54) is 6.20 Å². The average molecular weight is 308 g/mol. The number of hydrogen-bond acceptors (Lipinski definition) is 5. The van der Waals surface area contributed by atoms with E-state index in [2.05, 4.69) is 9.97 Å². The molecule has 2 aromatic heterocycles. The minimum absolute atomic E-state index is 0.165. The summed E-state index contributed by atoms with van der Waals surface area (Å²) < 4.78 is 17.7. The average Bonchev–Trinajstić information content (AvgIpc) is 2.84. The van der Waals surface area contributed by atoms with Crippen LogP contribution in [0.25, 0.3) is 11.1 Å². The predicted octanol–water partition coefficient (Wildman–Crippen LogP) is 2.77. The molecule has 2 heterocycles. The number of nitrogens with two attached hydrogens (primary N) is 1. The maximum Gasteiger partial charge on any atom is 0.288 e. The molecule has 0 bridgehead atoms. The van der Waals surface area contributed by atoms with Gasteiger partial charge in [-0.3, -0.25) is 4.98 Å². The van der Waals surface area contributed by atoms with Gasteiger partial charge in [0.1, 0.15) is 16.3 Å². The first-order chi connectivity index (χ1) is 9.63. The highest BCUT2D eigenvalue weighted by atomic mass is 35.5. The Kier molecular flexibility index (Phi) is 3.42. The van der Waals surface area contributed by atoms with Crippen LogP contribution in [0.4, 0.5) is 5.69 Å². The Bertz CT molecular complexity index is 803. The highest BCUT2D eigenvalue weighted by molar-refractivity contribution is 7.84. The second kappa shape index (κ2) is 5.22. The van der Waals surface area contributed by atoms with E-state index >= 15 is 0 Å². The van der Waals surface area contributed by atoms with Crippen molar-refractivity contribution in [3.63, 3.8) is 0 Å². The number of hydrogen-bond donors (Lipinski definition) is 1. The Balaban J connectivity index is 1.91. The molecule has 0 amide bonds. The lowest BCUT2D eigenvalue weighted by Crippen LogP contribution is -1.97. The van der Waals surface area contributed by atoms with Crippen LogP contribution in [-0.2, 0) is 16.6 Å². The van der Waals surface area contributed by atoms with E-state index in [0.717, 1.165) is 5.56 Å². The number of fused-ring (bicyclic) bond motifs is 1. The van der Waals surface area contributed by atoms with Crippen molar-refractivity contribution < 1.29 is 8.63 Å². The monoisotopic (exact) mass is 307 g/mol. The molecule has 0 radical (unpaired) electrons. The number of benzene rings is 1. The molecule has 0 saturated carbocycles. The number of nitrogens with zero attached hydrogens (tertiary/aromatic N) is 2. The number of aromatic nitrogens is 2. The van der Waals surface area contributed by atoms with Gasteiger partial charge < -0.3 is 10.2 Å². The van der Waals surface area contributed by atoms with Crippen LogP contribution in [0.1, 0.15) is 5.56 Å². The van der Waals surface area contributed by atoms with E-state index in [-0.39, 0.29) is 11.0 Å². The summed E-state index contributed by atoms with van der Waals surface area (Å²) in [7, 11) is -1.41. The molecule has 3 aromatic rings. The molecule has 1 unspecified atom stereocenters. The fraction of sp³-hybridized carbons (Fsp3) is 0.0769. The van der Waals surface area contributed by atoms with Gasteiger partial charge >= 0.3 is 0 Å². The summed E-state index contributed by atoms with van der Waals surface area (Å²) >= 11 is 5.99. The van der Waals surface area contributed by atoms with E-state index in [4.69, 9.17) is 21.8 Å². The van der Waals surface area contributed by atoms with Gasteiger partial charge in [0.25, 0.3) is 5.22 Å². The van der Waals surface area contributed by atoms with Crippen molar-refractivity contribution in [3.8, 4) is 0 Å². The van der Waals surface area contributed by atoms with Crippen molar-refractivity contribution in [2.45, 2.75) is 11.0 Å². The Morgan fingerprint density at radius 1 is 1.35 bits per heavy atom. The summed E-state index contributed by atoms with van der Waals surface area (Å²) in [6, 6.07) is 6.83. The SMILES string of the molecule is Nc1ccc2nc(S(=O)Cc3ccncc3Cl)oc2c1. The standard InChI is InChI=1S/C13H10ClN3O2S/c14-10-6-16-4-3-8(10)7-20(18)13-17-11-2-1-9(15)5-12(11)19-13/h1-6H,7,15H2. The van der Waals surface area contributed by atoms with Crippen molar-refractivity contribution in [2.75, 3.05) is 5.73 Å². The Morgan fingerprint density at radius 3 is 3.00 bits per heavy atom. The molecule has 0 saturated heterocycles. The topological polar surface area (TPSA) is 82.0 Å². The molecule has 20 heavy (non-hydrogen) atoms.